The normalized spacial score (nSPS) is 15.8. The Morgan fingerprint density at radius 3 is 2.63 bits per heavy atom. The molecule has 1 saturated heterocycles. The Morgan fingerprint density at radius 2 is 1.80 bits per heavy atom. The number of rotatable bonds is 8. The van der Waals surface area contributed by atoms with E-state index in [1.807, 2.05) is 23.1 Å². The van der Waals surface area contributed by atoms with Gasteiger partial charge in [0, 0.05) is 31.1 Å². The SMILES string of the molecule is Cc1cccc(OCCCCn2c(C3CC(=O)N(c4ccc(C)c(C)c4)C3)nc3ccccc32)c1. The Bertz CT molecular complexity index is 1360. The number of nitrogens with zero attached hydrogens (tertiary/aromatic N) is 3. The van der Waals surface area contributed by atoms with Gasteiger partial charge in [-0.3, -0.25) is 4.79 Å². The third-order valence-electron chi connectivity index (χ3n) is 7.01. The monoisotopic (exact) mass is 467 g/mol. The number of hydrogen-bond donors (Lipinski definition) is 0. The summed E-state index contributed by atoms with van der Waals surface area (Å²) in [5.41, 5.74) is 6.77. The molecule has 0 bridgehead atoms. The van der Waals surface area contributed by atoms with Gasteiger partial charge in [-0.15, -0.1) is 0 Å². The molecule has 0 N–H and O–H groups in total. The highest BCUT2D eigenvalue weighted by Gasteiger charge is 2.34. The summed E-state index contributed by atoms with van der Waals surface area (Å²) in [5.74, 6) is 2.20. The summed E-state index contributed by atoms with van der Waals surface area (Å²) in [6, 6.07) is 22.7. The van der Waals surface area contributed by atoms with Crippen molar-refractivity contribution >= 4 is 22.6 Å². The largest absolute Gasteiger partial charge is 0.494 e. The van der Waals surface area contributed by atoms with E-state index >= 15 is 0 Å². The van der Waals surface area contributed by atoms with Crippen molar-refractivity contribution in [2.45, 2.75) is 52.5 Å². The van der Waals surface area contributed by atoms with Crippen LogP contribution >= 0.6 is 0 Å². The number of aryl methyl sites for hydroxylation is 4. The molecule has 5 nitrogen and oxygen atoms in total. The van der Waals surface area contributed by atoms with Crippen molar-refractivity contribution in [3.63, 3.8) is 0 Å². The molecule has 4 aromatic rings. The summed E-state index contributed by atoms with van der Waals surface area (Å²) in [6.45, 7) is 8.49. The van der Waals surface area contributed by atoms with Gasteiger partial charge >= 0.3 is 0 Å². The lowest BCUT2D eigenvalue weighted by molar-refractivity contribution is -0.117. The van der Waals surface area contributed by atoms with E-state index in [4.69, 9.17) is 9.72 Å². The van der Waals surface area contributed by atoms with Gasteiger partial charge in [-0.25, -0.2) is 4.98 Å². The number of amides is 1. The second kappa shape index (κ2) is 9.95. The number of para-hydroxylation sites is 2. The molecule has 0 saturated carbocycles. The van der Waals surface area contributed by atoms with E-state index in [0.29, 0.717) is 19.6 Å². The van der Waals surface area contributed by atoms with Gasteiger partial charge in [0.1, 0.15) is 11.6 Å². The number of benzene rings is 3. The fourth-order valence-corrected chi connectivity index (χ4v) is 4.93. The van der Waals surface area contributed by atoms with E-state index in [1.54, 1.807) is 0 Å². The highest BCUT2D eigenvalue weighted by atomic mass is 16.5. The number of aromatic nitrogens is 2. The molecule has 2 heterocycles. The molecule has 5 heteroatoms. The molecule has 35 heavy (non-hydrogen) atoms. The van der Waals surface area contributed by atoms with E-state index in [9.17, 15) is 4.79 Å². The maximum Gasteiger partial charge on any atom is 0.227 e. The molecule has 1 unspecified atom stereocenters. The number of fused-ring (bicyclic) bond motifs is 1. The van der Waals surface area contributed by atoms with Gasteiger partial charge in [0.15, 0.2) is 0 Å². The van der Waals surface area contributed by atoms with Crippen LogP contribution in [0.4, 0.5) is 5.69 Å². The smallest absolute Gasteiger partial charge is 0.227 e. The maximum absolute atomic E-state index is 13.0. The van der Waals surface area contributed by atoms with Crippen LogP contribution in [0.25, 0.3) is 11.0 Å². The summed E-state index contributed by atoms with van der Waals surface area (Å²) in [4.78, 5) is 19.9. The topological polar surface area (TPSA) is 47.4 Å². The van der Waals surface area contributed by atoms with Gasteiger partial charge in [-0.05, 0) is 86.7 Å². The number of carbonyl (C=O) groups is 1. The van der Waals surface area contributed by atoms with Gasteiger partial charge < -0.3 is 14.2 Å². The second-order valence-electron chi connectivity index (χ2n) is 9.66. The lowest BCUT2D eigenvalue weighted by atomic mass is 10.1. The van der Waals surface area contributed by atoms with Gasteiger partial charge in [-0.2, -0.15) is 0 Å². The van der Waals surface area contributed by atoms with Crippen molar-refractivity contribution in [3.05, 3.63) is 89.2 Å². The van der Waals surface area contributed by atoms with E-state index < -0.39 is 0 Å². The predicted octanol–water partition coefficient (Wildman–Crippen LogP) is 6.34. The van der Waals surface area contributed by atoms with E-state index in [1.165, 1.54) is 16.7 Å². The lowest BCUT2D eigenvalue weighted by Crippen LogP contribution is -2.24. The molecule has 180 valence electrons. The average molecular weight is 468 g/mol. The second-order valence-corrected chi connectivity index (χ2v) is 9.66. The standard InChI is InChI=1S/C30H33N3O2/c1-21-9-8-10-26(17-21)35-16-7-6-15-32-28-12-5-4-11-27(28)31-30(32)24-19-29(34)33(20-24)25-14-13-22(2)23(3)18-25/h4-5,8-14,17-18,24H,6-7,15-16,19-20H2,1-3H3. The number of hydrogen-bond acceptors (Lipinski definition) is 3. The Hall–Kier alpha value is -3.60. The minimum absolute atomic E-state index is 0.0834. The Labute approximate surface area is 207 Å². The summed E-state index contributed by atoms with van der Waals surface area (Å²) in [5, 5.41) is 0. The lowest BCUT2D eigenvalue weighted by Gasteiger charge is -2.18. The molecular formula is C30H33N3O2. The molecule has 3 aromatic carbocycles. The molecule has 1 atom stereocenters. The predicted molar refractivity (Wildman–Crippen MR) is 141 cm³/mol. The molecule has 1 fully saturated rings. The molecule has 0 spiro atoms. The van der Waals surface area contributed by atoms with Crippen molar-refractivity contribution in [1.82, 2.24) is 9.55 Å². The van der Waals surface area contributed by atoms with Crippen LogP contribution in [0.5, 0.6) is 5.75 Å². The fourth-order valence-electron chi connectivity index (χ4n) is 4.93. The van der Waals surface area contributed by atoms with Crippen LogP contribution in [0.1, 0.15) is 47.7 Å². The highest BCUT2D eigenvalue weighted by molar-refractivity contribution is 5.96. The highest BCUT2D eigenvalue weighted by Crippen LogP contribution is 2.34. The first-order valence-electron chi connectivity index (χ1n) is 12.5. The maximum atomic E-state index is 13.0. The quantitative estimate of drug-likeness (QED) is 0.284. The van der Waals surface area contributed by atoms with E-state index in [-0.39, 0.29) is 11.8 Å². The van der Waals surface area contributed by atoms with Crippen molar-refractivity contribution in [2.75, 3.05) is 18.1 Å². The Balaban J connectivity index is 1.30. The fraction of sp³-hybridized carbons (Fsp3) is 0.333. The van der Waals surface area contributed by atoms with Crippen molar-refractivity contribution < 1.29 is 9.53 Å². The zero-order valence-electron chi connectivity index (χ0n) is 20.8. The molecule has 0 aliphatic carbocycles. The van der Waals surface area contributed by atoms with Crippen LogP contribution < -0.4 is 9.64 Å². The average Bonchev–Trinajstić information content (AvgIpc) is 3.41. The van der Waals surface area contributed by atoms with Crippen LogP contribution in [0.2, 0.25) is 0 Å². The number of carbonyl (C=O) groups excluding carboxylic acids is 1. The van der Waals surface area contributed by atoms with Crippen LogP contribution in [0, 0.1) is 20.8 Å². The molecule has 0 radical (unpaired) electrons. The van der Waals surface area contributed by atoms with Crippen molar-refractivity contribution in [2.24, 2.45) is 0 Å². The zero-order valence-corrected chi connectivity index (χ0v) is 20.8. The first-order valence-corrected chi connectivity index (χ1v) is 12.5. The van der Waals surface area contributed by atoms with Crippen molar-refractivity contribution in [1.29, 1.82) is 0 Å². The van der Waals surface area contributed by atoms with E-state index in [2.05, 4.69) is 73.9 Å². The summed E-state index contributed by atoms with van der Waals surface area (Å²) in [7, 11) is 0. The van der Waals surface area contributed by atoms with E-state index in [0.717, 1.165) is 47.7 Å². The summed E-state index contributed by atoms with van der Waals surface area (Å²) < 4.78 is 8.27. The van der Waals surface area contributed by atoms with Crippen LogP contribution in [0.3, 0.4) is 0 Å². The van der Waals surface area contributed by atoms with Gasteiger partial charge in [0.05, 0.1) is 17.6 Å². The van der Waals surface area contributed by atoms with Gasteiger partial charge in [0.2, 0.25) is 5.91 Å². The molecule has 1 aliphatic heterocycles. The Morgan fingerprint density at radius 1 is 0.943 bits per heavy atom. The van der Waals surface area contributed by atoms with Crippen LogP contribution in [-0.2, 0) is 11.3 Å². The first kappa shape index (κ1) is 23.2. The summed E-state index contributed by atoms with van der Waals surface area (Å²) >= 11 is 0. The minimum Gasteiger partial charge on any atom is -0.494 e. The first-order chi connectivity index (χ1) is 17.0. The number of unbranched alkanes of at least 4 members (excludes halogenated alkanes) is 1. The number of imidazole rings is 1. The molecular weight excluding hydrogens is 434 g/mol. The minimum atomic E-state index is 0.0834. The summed E-state index contributed by atoms with van der Waals surface area (Å²) in [6.07, 6.45) is 2.44. The van der Waals surface area contributed by atoms with Crippen molar-refractivity contribution in [3.8, 4) is 5.75 Å². The van der Waals surface area contributed by atoms with Crippen LogP contribution in [-0.4, -0.2) is 28.6 Å². The molecule has 1 amide bonds. The Kier molecular flexibility index (Phi) is 6.58. The molecule has 5 rings (SSSR count). The van der Waals surface area contributed by atoms with Gasteiger partial charge in [0.25, 0.3) is 0 Å². The number of ether oxygens (including phenoxy) is 1. The van der Waals surface area contributed by atoms with Gasteiger partial charge in [-0.1, -0.05) is 30.3 Å². The third-order valence-corrected chi connectivity index (χ3v) is 7.01. The third kappa shape index (κ3) is 4.95. The van der Waals surface area contributed by atoms with Crippen LogP contribution in [0.15, 0.2) is 66.7 Å². The molecule has 1 aliphatic rings. The zero-order chi connectivity index (χ0) is 24.4. The number of anilines is 1. The molecule has 1 aromatic heterocycles.